The van der Waals surface area contributed by atoms with Gasteiger partial charge in [-0.15, -0.1) is 0 Å². The van der Waals surface area contributed by atoms with Crippen LogP contribution in [0.1, 0.15) is 0 Å². The highest BCUT2D eigenvalue weighted by molar-refractivity contribution is 6.21. The van der Waals surface area contributed by atoms with Gasteiger partial charge in [-0.05, 0) is 166 Å². The van der Waals surface area contributed by atoms with Gasteiger partial charge in [0.2, 0.25) is 0 Å². The summed E-state index contributed by atoms with van der Waals surface area (Å²) in [4.78, 5) is 20.1. The van der Waals surface area contributed by atoms with Gasteiger partial charge >= 0.3 is 0 Å². The molecule has 0 saturated heterocycles. The fourth-order valence-corrected chi connectivity index (χ4v) is 17.4. The Morgan fingerprint density at radius 2 is 0.331 bits per heavy atom. The van der Waals surface area contributed by atoms with Gasteiger partial charge in [0.25, 0.3) is 0 Å². The third-order valence-electron chi connectivity index (χ3n) is 23.1. The monoisotopic (exact) mass is 1500 g/mol. The van der Waals surface area contributed by atoms with Gasteiger partial charge in [-0.25, -0.2) is 19.9 Å². The van der Waals surface area contributed by atoms with Gasteiger partial charge in [0, 0.05) is 93.7 Å². The highest BCUT2D eigenvalue weighted by Crippen LogP contribution is 2.44. The smallest absolute Gasteiger partial charge is 0.164 e. The summed E-state index contributed by atoms with van der Waals surface area (Å²) in [6.45, 7) is 0. The fraction of sp³-hybridized carbons (Fsp3) is 0. The average molecular weight is 1510 g/mol. The van der Waals surface area contributed by atoms with Crippen molar-refractivity contribution < 1.29 is 0 Å². The van der Waals surface area contributed by atoms with E-state index in [9.17, 15) is 0 Å². The number of nitrogens with zero attached hydrogens (tertiary/aromatic N) is 8. The Morgan fingerprint density at radius 3 is 0.627 bits per heavy atom. The van der Waals surface area contributed by atoms with Crippen molar-refractivity contribution in [3.05, 3.63) is 437 Å². The predicted molar refractivity (Wildman–Crippen MR) is 490 cm³/mol. The van der Waals surface area contributed by atoms with Crippen LogP contribution in [-0.4, -0.2) is 38.2 Å². The molecule has 0 fully saturated rings. The molecule has 0 radical (unpaired) electrons. The van der Waals surface area contributed by atoms with Gasteiger partial charge in [-0.3, -0.25) is 0 Å². The van der Waals surface area contributed by atoms with Crippen molar-refractivity contribution in [1.82, 2.24) is 38.2 Å². The summed E-state index contributed by atoms with van der Waals surface area (Å²) in [5.74, 6) is 1.94. The Hall–Kier alpha value is -15.9. The summed E-state index contributed by atoms with van der Waals surface area (Å²) in [7, 11) is 0. The number of hydrogen-bond donors (Lipinski definition) is 0. The van der Waals surface area contributed by atoms with Gasteiger partial charge in [-0.1, -0.05) is 315 Å². The lowest BCUT2D eigenvalue weighted by atomic mass is 9.97. The molecule has 17 aromatic carbocycles. The molecule has 0 aliphatic carbocycles. The molecular formula is C110H72N8. The summed E-state index contributed by atoms with van der Waals surface area (Å²) < 4.78 is 9.61. The van der Waals surface area contributed by atoms with Crippen molar-refractivity contribution in [3.63, 3.8) is 0 Å². The van der Waals surface area contributed by atoms with E-state index in [4.69, 9.17) is 19.9 Å². The molecule has 6 aromatic heterocycles. The molecule has 23 rings (SSSR count). The van der Waals surface area contributed by atoms with Crippen LogP contribution >= 0.6 is 0 Å². The summed E-state index contributed by atoms with van der Waals surface area (Å²) in [5.41, 5.74) is 30.3. The lowest BCUT2D eigenvalue weighted by Gasteiger charge is -2.13. The molecule has 0 saturated carbocycles. The van der Waals surface area contributed by atoms with E-state index in [1.807, 2.05) is 60.7 Å². The topological polar surface area (TPSA) is 71.3 Å². The van der Waals surface area contributed by atoms with Crippen molar-refractivity contribution in [2.24, 2.45) is 0 Å². The van der Waals surface area contributed by atoms with Crippen LogP contribution in [0, 0.1) is 0 Å². The van der Waals surface area contributed by atoms with E-state index in [2.05, 4.69) is 394 Å². The molecule has 23 aromatic rings. The number of fused-ring (bicyclic) bond motifs is 12. The van der Waals surface area contributed by atoms with Gasteiger partial charge in [0.05, 0.1) is 55.5 Å². The Labute approximate surface area is 681 Å². The third-order valence-corrected chi connectivity index (χ3v) is 23.1. The maximum absolute atomic E-state index is 5.29. The van der Waals surface area contributed by atoms with Crippen LogP contribution < -0.4 is 0 Å². The van der Waals surface area contributed by atoms with E-state index in [0.717, 1.165) is 84.1 Å². The first kappa shape index (κ1) is 68.9. The molecule has 0 bridgehead atoms. The second-order valence-corrected chi connectivity index (χ2v) is 30.1. The van der Waals surface area contributed by atoms with E-state index in [0.29, 0.717) is 17.5 Å². The molecule has 0 atom stereocenters. The zero-order chi connectivity index (χ0) is 78.0. The Balaban J connectivity index is 0.000000143. The lowest BCUT2D eigenvalue weighted by Crippen LogP contribution is -2.00. The van der Waals surface area contributed by atoms with Gasteiger partial charge in [-0.2, -0.15) is 0 Å². The number of pyridine rings is 1. The number of rotatable bonds is 13. The van der Waals surface area contributed by atoms with Crippen molar-refractivity contribution >= 4 is 87.2 Å². The molecule has 0 unspecified atom stereocenters. The molecule has 8 heteroatoms. The summed E-state index contributed by atoms with van der Waals surface area (Å²) in [6, 6.07) is 156. The zero-order valence-corrected chi connectivity index (χ0v) is 64.1. The van der Waals surface area contributed by atoms with E-state index in [-0.39, 0.29) is 0 Å². The van der Waals surface area contributed by atoms with Gasteiger partial charge in [0.1, 0.15) is 0 Å². The molecule has 8 nitrogen and oxygen atoms in total. The van der Waals surface area contributed by atoms with Crippen LogP contribution in [0.5, 0.6) is 0 Å². The van der Waals surface area contributed by atoms with E-state index in [1.54, 1.807) is 0 Å². The SMILES string of the molecule is c1ccc(-c2ccc(-c3cc(-c4ccc(-n5c6ccccc6c6cc7c(cc65)c5ccccc5n7-c5ccccc5)cc4)cc(-c4ccc(-c5ccccc5)cc4)n3)cc2)cc1.c1ccc(-c2ccc(-n3c4ccccc4c4cc5c(cc43)c3ccccc3n5-c3ccc(-c4nc(-c5ccccc5)nc(-c5ccccc5)n4)cc3)cc2)cc1. The van der Waals surface area contributed by atoms with Gasteiger partial charge < -0.3 is 18.3 Å². The summed E-state index contributed by atoms with van der Waals surface area (Å²) >= 11 is 0. The van der Waals surface area contributed by atoms with Crippen LogP contribution in [0.25, 0.3) is 211 Å². The normalized spacial score (nSPS) is 11.6. The average Bonchev–Trinajstić information content (AvgIpc) is 1.56. The van der Waals surface area contributed by atoms with Crippen molar-refractivity contribution in [3.8, 4) is 124 Å². The molecule has 0 spiro atoms. The number of benzene rings is 17. The van der Waals surface area contributed by atoms with Crippen LogP contribution in [0.15, 0.2) is 437 Å². The maximum Gasteiger partial charge on any atom is 0.164 e. The fourth-order valence-electron chi connectivity index (χ4n) is 17.4. The quantitative estimate of drug-likeness (QED) is 0.115. The second-order valence-electron chi connectivity index (χ2n) is 30.1. The maximum atomic E-state index is 5.29. The number of para-hydroxylation sites is 5. The van der Waals surface area contributed by atoms with Crippen LogP contribution in [-0.2, 0) is 0 Å². The third kappa shape index (κ3) is 12.4. The largest absolute Gasteiger partial charge is 0.309 e. The van der Waals surface area contributed by atoms with Crippen molar-refractivity contribution in [2.75, 3.05) is 0 Å². The lowest BCUT2D eigenvalue weighted by molar-refractivity contribution is 1.07. The number of aromatic nitrogens is 8. The molecule has 0 N–H and O–H groups in total. The molecule has 118 heavy (non-hydrogen) atoms. The molecule has 0 amide bonds. The van der Waals surface area contributed by atoms with Crippen molar-refractivity contribution in [1.29, 1.82) is 0 Å². The minimum Gasteiger partial charge on any atom is -0.309 e. The summed E-state index contributed by atoms with van der Waals surface area (Å²) in [5, 5.41) is 9.81. The predicted octanol–water partition coefficient (Wildman–Crippen LogP) is 28.3. The highest BCUT2D eigenvalue weighted by Gasteiger charge is 2.23. The Kier molecular flexibility index (Phi) is 17.1. The zero-order valence-electron chi connectivity index (χ0n) is 64.1. The molecule has 0 aliphatic rings. The first-order chi connectivity index (χ1) is 58.5. The highest BCUT2D eigenvalue weighted by atomic mass is 15.0. The standard InChI is InChI=1S/C59H39N3.C51H33N5/c1-4-14-40(15-5-1)42-24-28-45(29-25-42)54-36-47(37-55(60-54)46-30-26-43(27-31-46)41-16-6-2-7-17-41)44-32-34-49(35-33-44)62-57-23-13-11-21-51(57)53-38-58-52(39-59(53)62)50-20-10-12-22-56(50)61(58)48-18-8-3-9-19-48;1-4-14-34(15-5-1)35-24-28-39(29-25-35)55-45-22-12-10-20-41(45)43-33-48-44(32-47(43)55)42-21-11-13-23-46(42)56(48)40-30-26-38(27-31-40)51-53-49(36-16-6-2-7-17-36)52-50(54-51)37-18-8-3-9-19-37/h1-39H;1-33H. The van der Waals surface area contributed by atoms with E-state index >= 15 is 0 Å². The Morgan fingerprint density at radius 1 is 0.127 bits per heavy atom. The first-order valence-corrected chi connectivity index (χ1v) is 40.1. The first-order valence-electron chi connectivity index (χ1n) is 40.1. The molecule has 552 valence electrons. The van der Waals surface area contributed by atoms with E-state index in [1.165, 1.54) is 110 Å². The van der Waals surface area contributed by atoms with Crippen LogP contribution in [0.2, 0.25) is 0 Å². The molecule has 6 heterocycles. The molecular weight excluding hydrogens is 1430 g/mol. The minimum atomic E-state index is 0.637. The minimum absolute atomic E-state index is 0.637. The number of hydrogen-bond acceptors (Lipinski definition) is 4. The van der Waals surface area contributed by atoms with Crippen LogP contribution in [0.3, 0.4) is 0 Å². The Bertz CT molecular complexity index is 7530. The summed E-state index contributed by atoms with van der Waals surface area (Å²) in [6.07, 6.45) is 0. The molecule has 0 aliphatic heterocycles. The van der Waals surface area contributed by atoms with Gasteiger partial charge in [0.15, 0.2) is 17.5 Å². The van der Waals surface area contributed by atoms with E-state index < -0.39 is 0 Å². The second kappa shape index (κ2) is 29.3. The van der Waals surface area contributed by atoms with Crippen molar-refractivity contribution in [2.45, 2.75) is 0 Å². The van der Waals surface area contributed by atoms with Crippen LogP contribution in [0.4, 0.5) is 0 Å².